The molecule has 14 heavy (non-hydrogen) atoms. The lowest BCUT2D eigenvalue weighted by Gasteiger charge is -2.17. The number of halogens is 2. The molecule has 0 aliphatic heterocycles. The van der Waals surface area contributed by atoms with Crippen molar-refractivity contribution in [2.75, 3.05) is 0 Å². The van der Waals surface area contributed by atoms with Crippen LogP contribution in [0.4, 0.5) is 0 Å². The van der Waals surface area contributed by atoms with E-state index >= 15 is 0 Å². The van der Waals surface area contributed by atoms with E-state index in [0.717, 1.165) is 28.5 Å². The summed E-state index contributed by atoms with van der Waals surface area (Å²) in [5.41, 5.74) is 7.14. The third-order valence-electron chi connectivity index (χ3n) is 2.93. The fraction of sp³-hybridized carbons (Fsp3) is 0.455. The molecule has 2 N–H and O–H groups in total. The van der Waals surface area contributed by atoms with Crippen LogP contribution in [0, 0.1) is 0 Å². The summed E-state index contributed by atoms with van der Waals surface area (Å²) in [5.74, 6) is 0.390. The van der Waals surface area contributed by atoms with Gasteiger partial charge in [0.15, 0.2) is 0 Å². The van der Waals surface area contributed by atoms with E-state index in [9.17, 15) is 0 Å². The molecule has 2 rings (SSSR count). The van der Waals surface area contributed by atoms with Crippen LogP contribution >= 0.6 is 23.2 Å². The first kappa shape index (κ1) is 10.3. The highest BCUT2D eigenvalue weighted by atomic mass is 35.5. The Balaban J connectivity index is 2.34. The molecule has 1 aliphatic rings. The van der Waals surface area contributed by atoms with Gasteiger partial charge in [-0.25, -0.2) is 0 Å². The Labute approximate surface area is 94.2 Å². The molecule has 3 heteroatoms. The third kappa shape index (κ3) is 1.90. The van der Waals surface area contributed by atoms with Crippen molar-refractivity contribution in [3.8, 4) is 0 Å². The van der Waals surface area contributed by atoms with Crippen LogP contribution in [-0.4, -0.2) is 6.04 Å². The second-order valence-electron chi connectivity index (χ2n) is 3.87. The number of hydrogen-bond donors (Lipinski definition) is 1. The smallest absolute Gasteiger partial charge is 0.0442 e. The average molecular weight is 230 g/mol. The van der Waals surface area contributed by atoms with E-state index in [0.29, 0.717) is 5.92 Å². The summed E-state index contributed by atoms with van der Waals surface area (Å²) >= 11 is 12.1. The predicted octanol–water partition coefficient (Wildman–Crippen LogP) is 3.59. The summed E-state index contributed by atoms with van der Waals surface area (Å²) in [6, 6.07) is 5.85. The van der Waals surface area contributed by atoms with Gasteiger partial charge in [0.05, 0.1) is 0 Å². The highest BCUT2D eigenvalue weighted by Gasteiger charge is 2.27. The maximum atomic E-state index is 6.13. The zero-order chi connectivity index (χ0) is 10.1. The van der Waals surface area contributed by atoms with E-state index in [1.165, 1.54) is 6.42 Å². The fourth-order valence-corrected chi connectivity index (χ4v) is 2.61. The second-order valence-corrected chi connectivity index (χ2v) is 4.71. The highest BCUT2D eigenvalue weighted by molar-refractivity contribution is 6.33. The minimum atomic E-state index is 0.242. The van der Waals surface area contributed by atoms with Crippen LogP contribution in [0.2, 0.25) is 10.0 Å². The standard InChI is InChI=1S/C11H13Cl2N/c12-7-4-5-10(13)9(6-7)8-2-1-3-11(8)14/h4-6,8,11H,1-3,14H2. The van der Waals surface area contributed by atoms with Gasteiger partial charge in [-0.2, -0.15) is 0 Å². The SMILES string of the molecule is NC1CCCC1c1cc(Cl)ccc1Cl. The molecule has 0 saturated heterocycles. The van der Waals surface area contributed by atoms with Crippen LogP contribution in [-0.2, 0) is 0 Å². The lowest BCUT2D eigenvalue weighted by Crippen LogP contribution is -2.22. The van der Waals surface area contributed by atoms with Crippen LogP contribution in [0.15, 0.2) is 18.2 Å². The van der Waals surface area contributed by atoms with Gasteiger partial charge in [0.25, 0.3) is 0 Å². The Bertz CT molecular complexity index is 338. The third-order valence-corrected chi connectivity index (χ3v) is 3.51. The lowest BCUT2D eigenvalue weighted by atomic mass is 9.94. The average Bonchev–Trinajstić information content (AvgIpc) is 2.56. The molecule has 76 valence electrons. The van der Waals surface area contributed by atoms with E-state index in [-0.39, 0.29) is 6.04 Å². The maximum absolute atomic E-state index is 6.13. The molecule has 0 spiro atoms. The van der Waals surface area contributed by atoms with Gasteiger partial charge in [-0.3, -0.25) is 0 Å². The van der Waals surface area contributed by atoms with E-state index < -0.39 is 0 Å². The molecule has 1 nitrogen and oxygen atoms in total. The molecule has 1 saturated carbocycles. The lowest BCUT2D eigenvalue weighted by molar-refractivity contribution is 0.613. The number of rotatable bonds is 1. The zero-order valence-electron chi connectivity index (χ0n) is 7.84. The van der Waals surface area contributed by atoms with Crippen LogP contribution in [0.5, 0.6) is 0 Å². The van der Waals surface area contributed by atoms with Crippen molar-refractivity contribution in [3.63, 3.8) is 0 Å². The molecular formula is C11H13Cl2N. The summed E-state index contributed by atoms with van der Waals surface area (Å²) in [5, 5.41) is 1.53. The molecule has 1 aliphatic carbocycles. The largest absolute Gasteiger partial charge is 0.327 e. The van der Waals surface area contributed by atoms with E-state index in [1.54, 1.807) is 0 Å². The first-order valence-electron chi connectivity index (χ1n) is 4.89. The molecule has 1 aromatic carbocycles. The van der Waals surface area contributed by atoms with Crippen molar-refractivity contribution in [2.45, 2.75) is 31.2 Å². The molecule has 0 bridgehead atoms. The van der Waals surface area contributed by atoms with E-state index in [1.807, 2.05) is 18.2 Å². The van der Waals surface area contributed by atoms with Gasteiger partial charge in [0.1, 0.15) is 0 Å². The highest BCUT2D eigenvalue weighted by Crippen LogP contribution is 2.37. The van der Waals surface area contributed by atoms with Gasteiger partial charge in [-0.1, -0.05) is 29.6 Å². The summed E-state index contributed by atoms with van der Waals surface area (Å²) in [6.07, 6.45) is 3.41. The Kier molecular flexibility index (Phi) is 3.01. The first-order valence-corrected chi connectivity index (χ1v) is 5.64. The van der Waals surface area contributed by atoms with Gasteiger partial charge in [-0.15, -0.1) is 0 Å². The molecule has 0 amide bonds. The van der Waals surface area contributed by atoms with Gasteiger partial charge >= 0.3 is 0 Å². The first-order chi connectivity index (χ1) is 6.68. The summed E-state index contributed by atoms with van der Waals surface area (Å²) in [6.45, 7) is 0. The van der Waals surface area contributed by atoms with Gasteiger partial charge in [0, 0.05) is 22.0 Å². The Morgan fingerprint density at radius 2 is 2.00 bits per heavy atom. The molecule has 1 fully saturated rings. The Hall–Kier alpha value is -0.240. The normalized spacial score (nSPS) is 26.8. The number of hydrogen-bond acceptors (Lipinski definition) is 1. The van der Waals surface area contributed by atoms with Crippen LogP contribution in [0.1, 0.15) is 30.7 Å². The van der Waals surface area contributed by atoms with Crippen molar-refractivity contribution in [1.29, 1.82) is 0 Å². The summed E-state index contributed by atoms with van der Waals surface area (Å²) in [4.78, 5) is 0. The number of benzene rings is 1. The van der Waals surface area contributed by atoms with Gasteiger partial charge in [0.2, 0.25) is 0 Å². The minimum Gasteiger partial charge on any atom is -0.327 e. The maximum Gasteiger partial charge on any atom is 0.0442 e. The minimum absolute atomic E-state index is 0.242. The summed E-state index contributed by atoms with van der Waals surface area (Å²) < 4.78 is 0. The predicted molar refractivity (Wildman–Crippen MR) is 61.0 cm³/mol. The summed E-state index contributed by atoms with van der Waals surface area (Å²) in [7, 11) is 0. The fourth-order valence-electron chi connectivity index (χ4n) is 2.17. The molecular weight excluding hydrogens is 217 g/mol. The molecule has 0 aromatic heterocycles. The Morgan fingerprint density at radius 1 is 1.21 bits per heavy atom. The van der Waals surface area contributed by atoms with Crippen molar-refractivity contribution < 1.29 is 0 Å². The van der Waals surface area contributed by atoms with Crippen molar-refractivity contribution in [3.05, 3.63) is 33.8 Å². The monoisotopic (exact) mass is 229 g/mol. The molecule has 0 radical (unpaired) electrons. The van der Waals surface area contributed by atoms with Crippen molar-refractivity contribution in [1.82, 2.24) is 0 Å². The quantitative estimate of drug-likeness (QED) is 0.783. The molecule has 0 heterocycles. The van der Waals surface area contributed by atoms with Crippen LogP contribution in [0.25, 0.3) is 0 Å². The molecule has 2 atom stereocenters. The topological polar surface area (TPSA) is 26.0 Å². The van der Waals surface area contributed by atoms with Crippen molar-refractivity contribution >= 4 is 23.2 Å². The van der Waals surface area contributed by atoms with Crippen LogP contribution in [0.3, 0.4) is 0 Å². The molecule has 1 aromatic rings. The zero-order valence-corrected chi connectivity index (χ0v) is 9.35. The molecule has 2 unspecified atom stereocenters. The van der Waals surface area contributed by atoms with Crippen LogP contribution < -0.4 is 5.73 Å². The second kappa shape index (κ2) is 4.09. The number of nitrogens with two attached hydrogens (primary N) is 1. The van der Waals surface area contributed by atoms with Crippen molar-refractivity contribution in [2.24, 2.45) is 5.73 Å². The Morgan fingerprint density at radius 3 is 2.64 bits per heavy atom. The van der Waals surface area contributed by atoms with Gasteiger partial charge in [-0.05, 0) is 36.6 Å². The van der Waals surface area contributed by atoms with E-state index in [2.05, 4.69) is 0 Å². The van der Waals surface area contributed by atoms with Gasteiger partial charge < -0.3 is 5.73 Å². The van der Waals surface area contributed by atoms with E-state index in [4.69, 9.17) is 28.9 Å².